The first kappa shape index (κ1) is 26.6. The number of carbonyl (C=O) groups excluding carboxylic acids is 1. The van der Waals surface area contributed by atoms with Gasteiger partial charge in [0.25, 0.3) is 0 Å². The average molecular weight is 432 g/mol. The first-order valence-electron chi connectivity index (χ1n) is 10.8. The molecule has 6 nitrogen and oxygen atoms in total. The van der Waals surface area contributed by atoms with Crippen LogP contribution in [0.4, 0.5) is 0 Å². The lowest BCUT2D eigenvalue weighted by Gasteiger charge is -2.37. The molecule has 1 saturated heterocycles. The number of nitrogens with one attached hydrogen (secondary N) is 1. The van der Waals surface area contributed by atoms with Crippen molar-refractivity contribution in [3.63, 3.8) is 0 Å². The van der Waals surface area contributed by atoms with E-state index in [0.717, 1.165) is 0 Å². The van der Waals surface area contributed by atoms with Gasteiger partial charge < -0.3 is 24.0 Å². The Labute approximate surface area is 179 Å². The fourth-order valence-corrected chi connectivity index (χ4v) is 4.11. The van der Waals surface area contributed by atoms with Crippen molar-refractivity contribution in [1.29, 1.82) is 0 Å². The molecule has 0 bridgehead atoms. The van der Waals surface area contributed by atoms with Crippen molar-refractivity contribution in [3.05, 3.63) is 0 Å². The van der Waals surface area contributed by atoms with Crippen LogP contribution < -0.4 is 5.32 Å². The molecule has 1 N–H and O–H groups in total. The van der Waals surface area contributed by atoms with Crippen LogP contribution in [-0.2, 0) is 23.4 Å². The molecule has 0 amide bonds. The van der Waals surface area contributed by atoms with Crippen LogP contribution in [0.3, 0.4) is 0 Å². The monoisotopic (exact) mass is 431 g/mol. The van der Waals surface area contributed by atoms with Crippen LogP contribution in [0.2, 0.25) is 18.1 Å². The van der Waals surface area contributed by atoms with E-state index in [9.17, 15) is 4.79 Å². The van der Waals surface area contributed by atoms with E-state index in [1.54, 1.807) is 0 Å². The zero-order valence-corrected chi connectivity index (χ0v) is 21.8. The maximum absolute atomic E-state index is 12.5. The summed E-state index contributed by atoms with van der Waals surface area (Å²) in [7, 11) is -1.93. The highest BCUT2D eigenvalue weighted by Crippen LogP contribution is 2.38. The van der Waals surface area contributed by atoms with Gasteiger partial charge in [-0.1, -0.05) is 34.6 Å². The third-order valence-corrected chi connectivity index (χ3v) is 9.89. The smallest absolute Gasteiger partial charge is 0.307 e. The molecule has 29 heavy (non-hydrogen) atoms. The first-order valence-corrected chi connectivity index (χ1v) is 13.7. The Balaban J connectivity index is 2.99. The molecule has 3 atom stereocenters. The molecule has 0 aromatic carbocycles. The quantitative estimate of drug-likeness (QED) is 0.446. The molecule has 1 heterocycles. The van der Waals surface area contributed by atoms with Crippen molar-refractivity contribution in [2.75, 3.05) is 6.61 Å². The Morgan fingerprint density at radius 1 is 1.10 bits per heavy atom. The minimum absolute atomic E-state index is 0.115. The predicted molar refractivity (Wildman–Crippen MR) is 119 cm³/mol. The van der Waals surface area contributed by atoms with E-state index in [0.29, 0.717) is 6.61 Å². The Hall–Kier alpha value is -0.473. The average Bonchev–Trinajstić information content (AvgIpc) is 2.76. The summed E-state index contributed by atoms with van der Waals surface area (Å²) < 4.78 is 24.4. The third-order valence-electron chi connectivity index (χ3n) is 5.39. The summed E-state index contributed by atoms with van der Waals surface area (Å²) in [4.78, 5) is 12.5. The highest BCUT2D eigenvalue weighted by Gasteiger charge is 2.47. The van der Waals surface area contributed by atoms with E-state index >= 15 is 0 Å². The number of hydrogen-bond acceptors (Lipinski definition) is 6. The summed E-state index contributed by atoms with van der Waals surface area (Å²) in [5.74, 6) is -0.968. The lowest BCUT2D eigenvalue weighted by Crippen LogP contribution is -2.51. The second-order valence-electron chi connectivity index (χ2n) is 11.4. The van der Waals surface area contributed by atoms with Crippen molar-refractivity contribution >= 4 is 14.3 Å². The SMILES string of the molecule is CC(C)N[C@@H](CC(=O)OC(C)(C)C)[C@@H]1OC(C)(C)O[C@H]1CO[Si](C)(C)C(C)(C)C. The summed E-state index contributed by atoms with van der Waals surface area (Å²) in [6.45, 7) is 25.1. The summed E-state index contributed by atoms with van der Waals surface area (Å²) >= 11 is 0. The molecule has 0 radical (unpaired) electrons. The van der Waals surface area contributed by atoms with Gasteiger partial charge in [-0.25, -0.2) is 0 Å². The molecule has 0 aromatic heterocycles. The van der Waals surface area contributed by atoms with Gasteiger partial charge in [-0.3, -0.25) is 4.79 Å². The lowest BCUT2D eigenvalue weighted by molar-refractivity contribution is -0.160. The van der Waals surface area contributed by atoms with Crippen molar-refractivity contribution < 1.29 is 23.4 Å². The van der Waals surface area contributed by atoms with Gasteiger partial charge in [-0.2, -0.15) is 0 Å². The minimum Gasteiger partial charge on any atom is -0.460 e. The maximum Gasteiger partial charge on any atom is 0.307 e. The Morgan fingerprint density at radius 2 is 1.66 bits per heavy atom. The van der Waals surface area contributed by atoms with Gasteiger partial charge in [0.2, 0.25) is 0 Å². The van der Waals surface area contributed by atoms with Crippen molar-refractivity contribution in [1.82, 2.24) is 5.32 Å². The fraction of sp³-hybridized carbons (Fsp3) is 0.955. The second kappa shape index (κ2) is 9.35. The molecule has 0 aromatic rings. The van der Waals surface area contributed by atoms with Crippen LogP contribution in [0.25, 0.3) is 0 Å². The third kappa shape index (κ3) is 8.65. The maximum atomic E-state index is 12.5. The van der Waals surface area contributed by atoms with E-state index in [1.807, 2.05) is 34.6 Å². The summed E-state index contributed by atoms with van der Waals surface area (Å²) in [5, 5.41) is 3.60. The molecule has 1 rings (SSSR count). The molecule has 7 heteroatoms. The number of rotatable bonds is 8. The largest absolute Gasteiger partial charge is 0.460 e. The second-order valence-corrected chi connectivity index (χ2v) is 16.2. The van der Waals surface area contributed by atoms with Crippen molar-refractivity contribution in [3.8, 4) is 0 Å². The fourth-order valence-electron chi connectivity index (χ4n) is 3.10. The molecule has 0 saturated carbocycles. The number of ether oxygens (including phenoxy) is 3. The van der Waals surface area contributed by atoms with E-state index < -0.39 is 19.7 Å². The summed E-state index contributed by atoms with van der Waals surface area (Å²) in [6, 6.07) is -0.0312. The van der Waals surface area contributed by atoms with Gasteiger partial charge in [0.05, 0.1) is 13.0 Å². The molecular weight excluding hydrogens is 386 g/mol. The predicted octanol–water partition coefficient (Wildman–Crippen LogP) is 4.63. The van der Waals surface area contributed by atoms with Crippen LogP contribution >= 0.6 is 0 Å². The van der Waals surface area contributed by atoms with E-state index in [4.69, 9.17) is 18.6 Å². The molecule has 0 spiro atoms. The van der Waals surface area contributed by atoms with Gasteiger partial charge >= 0.3 is 5.97 Å². The number of hydrogen-bond donors (Lipinski definition) is 1. The van der Waals surface area contributed by atoms with Crippen LogP contribution in [0, 0.1) is 0 Å². The Morgan fingerprint density at radius 3 is 2.10 bits per heavy atom. The Bertz CT molecular complexity index is 548. The van der Waals surface area contributed by atoms with Gasteiger partial charge in [0.1, 0.15) is 17.8 Å². The van der Waals surface area contributed by atoms with Crippen molar-refractivity contribution in [2.45, 2.75) is 129 Å². The molecular formula is C22H45NO5Si. The zero-order valence-electron chi connectivity index (χ0n) is 20.8. The highest BCUT2D eigenvalue weighted by atomic mass is 28.4. The van der Waals surface area contributed by atoms with Gasteiger partial charge in [-0.15, -0.1) is 0 Å². The normalized spacial score (nSPS) is 24.0. The standard InChI is InChI=1S/C22H45NO5Si/c1-15(2)23-16(13-18(24)27-20(3,4)5)19-17(26-22(9,10)28-19)14-25-29(11,12)21(6,7)8/h15-17,19,23H,13-14H2,1-12H3/t16-,17-,19-/m0/s1. The van der Waals surface area contributed by atoms with Gasteiger partial charge in [0.15, 0.2) is 14.1 Å². The molecule has 1 aliphatic heterocycles. The molecule has 172 valence electrons. The lowest BCUT2D eigenvalue weighted by atomic mass is 10.0. The van der Waals surface area contributed by atoms with Crippen LogP contribution in [0.15, 0.2) is 0 Å². The van der Waals surface area contributed by atoms with E-state index in [1.165, 1.54) is 0 Å². The molecule has 0 unspecified atom stereocenters. The van der Waals surface area contributed by atoms with Crippen LogP contribution in [0.5, 0.6) is 0 Å². The minimum atomic E-state index is -1.93. The first-order chi connectivity index (χ1) is 12.8. The zero-order chi connectivity index (χ0) is 22.8. The highest BCUT2D eigenvalue weighted by molar-refractivity contribution is 6.74. The molecule has 0 aliphatic carbocycles. The van der Waals surface area contributed by atoms with E-state index in [-0.39, 0.29) is 41.7 Å². The molecule has 1 aliphatic rings. The summed E-state index contributed by atoms with van der Waals surface area (Å²) in [5.41, 5.74) is -0.517. The van der Waals surface area contributed by atoms with Crippen molar-refractivity contribution in [2.24, 2.45) is 0 Å². The topological polar surface area (TPSA) is 66.0 Å². The number of esters is 1. The van der Waals surface area contributed by atoms with Gasteiger partial charge in [0, 0.05) is 12.1 Å². The molecule has 1 fully saturated rings. The van der Waals surface area contributed by atoms with Crippen LogP contribution in [-0.4, -0.2) is 56.6 Å². The summed E-state index contributed by atoms with van der Waals surface area (Å²) in [6.07, 6.45) is -0.335. The van der Waals surface area contributed by atoms with Crippen LogP contribution in [0.1, 0.15) is 75.7 Å². The Kier molecular flexibility index (Phi) is 8.56. The van der Waals surface area contributed by atoms with E-state index in [2.05, 4.69) is 53.0 Å². The number of carbonyl (C=O) groups is 1. The van der Waals surface area contributed by atoms with Gasteiger partial charge in [-0.05, 0) is 52.8 Å².